The molecule has 0 saturated heterocycles. The molecule has 0 aromatic carbocycles. The van der Waals surface area contributed by atoms with Crippen molar-refractivity contribution in [1.29, 1.82) is 0 Å². The van der Waals surface area contributed by atoms with Gasteiger partial charge in [-0.15, -0.1) is 0 Å². The van der Waals surface area contributed by atoms with E-state index in [0.29, 0.717) is 0 Å². The van der Waals surface area contributed by atoms with E-state index >= 15 is 0 Å². The van der Waals surface area contributed by atoms with Crippen molar-refractivity contribution in [2.45, 2.75) is 0 Å². The first-order chi connectivity index (χ1) is 2.64. The molecule has 0 aliphatic rings. The van der Waals surface area contributed by atoms with E-state index in [9.17, 15) is 0 Å². The number of carboxylic acid groups (broad SMARTS) is 2. The molecule has 0 heterocycles. The van der Waals surface area contributed by atoms with Gasteiger partial charge in [0.2, 0.25) is 0 Å². The second-order valence-electron chi connectivity index (χ2n) is 0.593. The molecule has 0 amide bonds. The maximum absolute atomic E-state index is 9.04. The third kappa shape index (κ3) is 18.7. The summed E-state index contributed by atoms with van der Waals surface area (Å²) in [4.78, 5) is 18.0. The van der Waals surface area contributed by atoms with E-state index in [1.807, 2.05) is 0 Å². The molecule has 9 heavy (non-hydrogen) atoms. The minimum atomic E-state index is -2.07. The number of carbonyl (C=O) groups excluding carboxylic acids is 1. The fourth-order valence-electron chi connectivity index (χ4n) is 0. The summed E-state index contributed by atoms with van der Waals surface area (Å²) in [5.41, 5.74) is 0. The second kappa shape index (κ2) is 10.4. The molecule has 0 radical (unpaired) electrons. The molecule has 0 aliphatic heterocycles. The first kappa shape index (κ1) is 23.8. The molecule has 0 aliphatic carbocycles. The third-order valence-electron chi connectivity index (χ3n) is 0.175. The van der Waals surface area contributed by atoms with Crippen LogP contribution in [0.25, 0.3) is 0 Å². The van der Waals surface area contributed by atoms with Crippen LogP contribution in [0.1, 0.15) is 0 Å². The number of rotatable bonds is 0. The molecule has 0 saturated carbocycles. The molecule has 0 spiro atoms. The molecule has 0 rings (SSSR count). The number of carboxylic acids is 2. The Bertz CT molecular complexity index is 82.6. The van der Waals surface area contributed by atoms with Gasteiger partial charge in [-0.2, -0.15) is 0 Å². The summed E-state index contributed by atoms with van der Waals surface area (Å²) in [5, 5.41) is 16.3. The molecular formula is C2H3F2LiO4. The molecule has 4 nitrogen and oxygen atoms in total. The smallest absolute Gasteiger partial charge is 0.539 e. The van der Waals surface area contributed by atoms with Crippen LogP contribution in [0.15, 0.2) is 0 Å². The van der Waals surface area contributed by atoms with Crippen LogP contribution < -0.4 is 24.0 Å². The van der Waals surface area contributed by atoms with Crippen LogP contribution in [0.2, 0.25) is 0 Å². The van der Waals surface area contributed by atoms with Crippen LogP contribution in [0.4, 0.5) is 9.41 Å². The van der Waals surface area contributed by atoms with E-state index in [1.54, 1.807) is 0 Å². The summed E-state index contributed by atoms with van der Waals surface area (Å²) < 4.78 is 0. The van der Waals surface area contributed by atoms with Gasteiger partial charge >= 0.3 is 24.8 Å². The van der Waals surface area contributed by atoms with Gasteiger partial charge in [0.05, 0.1) is 0 Å². The Kier molecular flexibility index (Phi) is 27.4. The van der Waals surface area contributed by atoms with Crippen LogP contribution in [0, 0.1) is 0 Å². The van der Waals surface area contributed by atoms with Crippen molar-refractivity contribution in [2.24, 2.45) is 0 Å². The van der Waals surface area contributed by atoms with Crippen molar-refractivity contribution < 1.29 is 48.1 Å². The topological polar surface area (TPSA) is 77.4 Å². The summed E-state index contributed by atoms with van der Waals surface area (Å²) in [6.45, 7) is 0. The first-order valence-electron chi connectivity index (χ1n) is 1.09. The normalized spacial score (nSPS) is 4.89. The van der Waals surface area contributed by atoms with Crippen molar-refractivity contribution in [3.8, 4) is 0 Å². The molecule has 0 aromatic rings. The van der Waals surface area contributed by atoms with E-state index in [0.717, 1.165) is 0 Å². The van der Waals surface area contributed by atoms with Crippen LogP contribution in [0.5, 0.6) is 0 Å². The summed E-state index contributed by atoms with van der Waals surface area (Å²) in [6, 6.07) is 0. The van der Waals surface area contributed by atoms with Gasteiger partial charge in [0.15, 0.2) is 5.97 Å². The number of hydrogen-bond donors (Lipinski definition) is 1. The van der Waals surface area contributed by atoms with Crippen LogP contribution in [-0.4, -0.2) is 17.0 Å². The Balaban J connectivity index is -0.0000000417. The van der Waals surface area contributed by atoms with E-state index in [2.05, 4.69) is 0 Å². The summed E-state index contributed by atoms with van der Waals surface area (Å²) >= 11 is 0. The van der Waals surface area contributed by atoms with Crippen molar-refractivity contribution in [3.63, 3.8) is 0 Å². The zero-order valence-corrected chi connectivity index (χ0v) is 4.49. The summed E-state index contributed by atoms with van der Waals surface area (Å²) in [7, 11) is 0. The summed E-state index contributed by atoms with van der Waals surface area (Å²) in [6.07, 6.45) is 0. The number of carbonyl (C=O) groups is 2. The standard InChI is InChI=1S/C2H2O4.2FH.Li/c3-1(4)2(5)6;;;/h(H,3,4)(H,5,6);2*1H;/q;;;+1/p-1. The van der Waals surface area contributed by atoms with Gasteiger partial charge in [-0.3, -0.25) is 9.41 Å². The Morgan fingerprint density at radius 2 is 1.33 bits per heavy atom. The molecule has 0 atom stereocenters. The Morgan fingerprint density at radius 1 is 1.22 bits per heavy atom. The van der Waals surface area contributed by atoms with Gasteiger partial charge in [0.1, 0.15) is 0 Å². The molecular weight excluding hydrogens is 133 g/mol. The van der Waals surface area contributed by atoms with E-state index in [-0.39, 0.29) is 28.3 Å². The van der Waals surface area contributed by atoms with Gasteiger partial charge in [-0.05, 0) is 0 Å². The minimum Gasteiger partial charge on any atom is -0.539 e. The maximum atomic E-state index is 9.04. The maximum Gasteiger partial charge on any atom is 1.00 e. The van der Waals surface area contributed by atoms with Crippen molar-refractivity contribution >= 4 is 11.9 Å². The predicted octanol–water partition coefficient (Wildman–Crippen LogP) is -4.87. The Labute approximate surface area is 60.8 Å². The van der Waals surface area contributed by atoms with Gasteiger partial charge < -0.3 is 15.0 Å². The molecule has 7 heteroatoms. The Morgan fingerprint density at radius 3 is 1.33 bits per heavy atom. The second-order valence-corrected chi connectivity index (χ2v) is 0.593. The van der Waals surface area contributed by atoms with Gasteiger partial charge in [0.25, 0.3) is 0 Å². The molecule has 50 valence electrons. The van der Waals surface area contributed by atoms with Crippen molar-refractivity contribution in [3.05, 3.63) is 0 Å². The zero-order chi connectivity index (χ0) is 5.15. The molecule has 1 N–H and O–H groups in total. The third-order valence-corrected chi connectivity index (χ3v) is 0.175. The number of hydrogen-bond acceptors (Lipinski definition) is 3. The zero-order valence-electron chi connectivity index (χ0n) is 4.49. The average molecular weight is 136 g/mol. The first-order valence-corrected chi connectivity index (χ1v) is 1.09. The molecule has 0 aromatic heterocycles. The van der Waals surface area contributed by atoms with Gasteiger partial charge in [0, 0.05) is 0 Å². The van der Waals surface area contributed by atoms with E-state index in [1.165, 1.54) is 0 Å². The van der Waals surface area contributed by atoms with E-state index in [4.69, 9.17) is 19.8 Å². The Hall–Kier alpha value is -0.603. The predicted molar refractivity (Wildman–Crippen MR) is 17.6 cm³/mol. The van der Waals surface area contributed by atoms with Crippen molar-refractivity contribution in [1.82, 2.24) is 0 Å². The molecule has 0 bridgehead atoms. The molecule has 0 unspecified atom stereocenters. The van der Waals surface area contributed by atoms with Crippen molar-refractivity contribution in [2.75, 3.05) is 0 Å². The van der Waals surface area contributed by atoms with Gasteiger partial charge in [-0.1, -0.05) is 0 Å². The fraction of sp³-hybridized carbons (Fsp3) is 0. The summed E-state index contributed by atoms with van der Waals surface area (Å²) in [5.74, 6) is -4.01. The molecule has 0 fully saturated rings. The number of halogens is 2. The largest absolute Gasteiger partial charge is 1.00 e. The minimum absolute atomic E-state index is 0. The number of aliphatic carboxylic acids is 2. The van der Waals surface area contributed by atoms with E-state index < -0.39 is 11.9 Å². The SMILES string of the molecule is F.F.O=C([O-])C(=O)O.[Li+]. The van der Waals surface area contributed by atoms with Crippen LogP contribution >= 0.6 is 0 Å². The van der Waals surface area contributed by atoms with Crippen LogP contribution in [0.3, 0.4) is 0 Å². The van der Waals surface area contributed by atoms with Crippen LogP contribution in [-0.2, 0) is 9.59 Å². The van der Waals surface area contributed by atoms with Gasteiger partial charge in [-0.25, -0.2) is 4.79 Å². The quantitative estimate of drug-likeness (QED) is 0.267. The fourth-order valence-corrected chi connectivity index (χ4v) is 0. The monoisotopic (exact) mass is 136 g/mol. The average Bonchev–Trinajstić information content (AvgIpc) is 1.36.